The predicted octanol–water partition coefficient (Wildman–Crippen LogP) is 1.35. The van der Waals surface area contributed by atoms with Crippen LogP contribution in [-0.4, -0.2) is 68.6 Å². The van der Waals surface area contributed by atoms with Gasteiger partial charge < -0.3 is 20.3 Å². The minimum atomic E-state index is -3.46. The fraction of sp³-hybridized carbons (Fsp3) is 0.579. The van der Waals surface area contributed by atoms with Gasteiger partial charge in [-0.05, 0) is 38.5 Å². The van der Waals surface area contributed by atoms with Gasteiger partial charge in [0.15, 0.2) is 5.96 Å². The van der Waals surface area contributed by atoms with Crippen LogP contribution in [-0.2, 0) is 21.3 Å². The number of nitrogens with zero attached hydrogens (tertiary/aromatic N) is 3. The number of benzene rings is 1. The number of hydrogen-bond donors (Lipinski definition) is 2. The molecular weight excluding hydrogens is 394 g/mol. The van der Waals surface area contributed by atoms with Crippen LogP contribution in [0.4, 0.5) is 4.79 Å². The second-order valence-corrected chi connectivity index (χ2v) is 9.54. The highest BCUT2D eigenvalue weighted by Crippen LogP contribution is 2.13. The van der Waals surface area contributed by atoms with E-state index in [-0.39, 0.29) is 11.0 Å². The quantitative estimate of drug-likeness (QED) is 0.543. The number of sulfonamides is 1. The molecule has 0 atom stereocenters. The van der Waals surface area contributed by atoms with Crippen LogP contribution in [0.25, 0.3) is 0 Å². The molecule has 0 unspecified atom stereocenters. The van der Waals surface area contributed by atoms with Crippen LogP contribution < -0.4 is 10.5 Å². The Morgan fingerprint density at radius 3 is 2.21 bits per heavy atom. The molecule has 1 aliphatic rings. The lowest BCUT2D eigenvalue weighted by molar-refractivity contribution is 0.0186. The van der Waals surface area contributed by atoms with E-state index >= 15 is 0 Å². The standard InChI is InChI=1S/C19H31N5O4S/c1-5-22-29(26,27)16-8-6-15(7-9-16)14-21-17(20)23-10-12-24(13-11-23)18(25)28-19(2,3)4/h6-9,22H,5,10-14H2,1-4H3,(H2,20,21). The van der Waals surface area contributed by atoms with Gasteiger partial charge in [-0.15, -0.1) is 0 Å². The molecule has 1 aromatic rings. The summed E-state index contributed by atoms with van der Waals surface area (Å²) in [5, 5.41) is 0. The summed E-state index contributed by atoms with van der Waals surface area (Å²) in [7, 11) is -3.46. The first-order chi connectivity index (χ1) is 13.5. The Labute approximate surface area is 173 Å². The van der Waals surface area contributed by atoms with Gasteiger partial charge in [-0.3, -0.25) is 0 Å². The summed E-state index contributed by atoms with van der Waals surface area (Å²) < 4.78 is 31.8. The SMILES string of the molecule is CCNS(=O)(=O)c1ccc(CN=C(N)N2CCN(C(=O)OC(C)(C)C)CC2)cc1. The summed E-state index contributed by atoms with van der Waals surface area (Å²) in [6, 6.07) is 6.56. The number of rotatable bonds is 5. The molecule has 9 nitrogen and oxygen atoms in total. The molecule has 0 spiro atoms. The highest BCUT2D eigenvalue weighted by atomic mass is 32.2. The summed E-state index contributed by atoms with van der Waals surface area (Å²) in [5.74, 6) is 0.401. The summed E-state index contributed by atoms with van der Waals surface area (Å²) in [6.45, 7) is 10.1. The third-order valence-corrected chi connectivity index (χ3v) is 5.81. The Kier molecular flexibility index (Phi) is 7.48. The van der Waals surface area contributed by atoms with Gasteiger partial charge in [-0.1, -0.05) is 19.1 Å². The highest BCUT2D eigenvalue weighted by molar-refractivity contribution is 7.89. The van der Waals surface area contributed by atoms with Gasteiger partial charge in [0.25, 0.3) is 0 Å². The maximum Gasteiger partial charge on any atom is 0.410 e. The number of ether oxygens (including phenoxy) is 1. The molecule has 1 amide bonds. The van der Waals surface area contributed by atoms with Crippen molar-refractivity contribution in [3.05, 3.63) is 29.8 Å². The smallest absolute Gasteiger partial charge is 0.410 e. The maximum atomic E-state index is 12.1. The molecule has 1 aromatic carbocycles. The fourth-order valence-electron chi connectivity index (χ4n) is 2.76. The average Bonchev–Trinajstić information content (AvgIpc) is 2.65. The normalized spacial score (nSPS) is 16.1. The summed E-state index contributed by atoms with van der Waals surface area (Å²) in [6.07, 6.45) is -0.319. The number of nitrogens with two attached hydrogens (primary N) is 1. The zero-order valence-electron chi connectivity index (χ0n) is 17.5. The van der Waals surface area contributed by atoms with E-state index in [0.29, 0.717) is 45.2 Å². The topological polar surface area (TPSA) is 117 Å². The predicted molar refractivity (Wildman–Crippen MR) is 112 cm³/mol. The first-order valence-corrected chi connectivity index (χ1v) is 11.1. The molecule has 10 heteroatoms. The van der Waals surface area contributed by atoms with Gasteiger partial charge in [0, 0.05) is 32.7 Å². The van der Waals surface area contributed by atoms with Crippen LogP contribution in [0.2, 0.25) is 0 Å². The summed E-state index contributed by atoms with van der Waals surface area (Å²) in [4.78, 5) is 20.3. The van der Waals surface area contributed by atoms with Crippen molar-refractivity contribution in [1.29, 1.82) is 0 Å². The van der Waals surface area contributed by atoms with Gasteiger partial charge in [0.05, 0.1) is 11.4 Å². The van der Waals surface area contributed by atoms with Crippen molar-refractivity contribution in [2.24, 2.45) is 10.7 Å². The molecule has 162 valence electrons. The average molecular weight is 426 g/mol. The Bertz CT molecular complexity index is 823. The van der Waals surface area contributed by atoms with Crippen LogP contribution in [0, 0.1) is 0 Å². The number of hydrogen-bond acceptors (Lipinski definition) is 5. The first kappa shape index (κ1) is 23.0. The Balaban J connectivity index is 1.89. The number of aliphatic imine (C=N–C) groups is 1. The number of guanidine groups is 1. The van der Waals surface area contributed by atoms with Gasteiger partial charge in [-0.25, -0.2) is 22.9 Å². The Morgan fingerprint density at radius 1 is 1.14 bits per heavy atom. The highest BCUT2D eigenvalue weighted by Gasteiger charge is 2.26. The van der Waals surface area contributed by atoms with Crippen molar-refractivity contribution >= 4 is 22.1 Å². The summed E-state index contributed by atoms with van der Waals surface area (Å²) in [5.41, 5.74) is 6.43. The van der Waals surface area contributed by atoms with E-state index in [1.54, 1.807) is 36.1 Å². The first-order valence-electron chi connectivity index (χ1n) is 9.63. The maximum absolute atomic E-state index is 12.1. The van der Waals surface area contributed by atoms with Gasteiger partial charge in [0.1, 0.15) is 5.60 Å². The third kappa shape index (κ3) is 6.90. The Hall–Kier alpha value is -2.33. The van der Waals surface area contributed by atoms with E-state index in [0.717, 1.165) is 5.56 Å². The van der Waals surface area contributed by atoms with E-state index in [2.05, 4.69) is 9.71 Å². The Morgan fingerprint density at radius 2 is 1.69 bits per heavy atom. The van der Waals surface area contributed by atoms with Gasteiger partial charge in [-0.2, -0.15) is 0 Å². The van der Waals surface area contributed by atoms with Gasteiger partial charge in [0.2, 0.25) is 10.0 Å². The zero-order valence-corrected chi connectivity index (χ0v) is 18.3. The van der Waals surface area contributed by atoms with Crippen molar-refractivity contribution in [3.63, 3.8) is 0 Å². The van der Waals surface area contributed by atoms with Crippen molar-refractivity contribution < 1.29 is 17.9 Å². The second kappa shape index (κ2) is 9.45. The molecule has 29 heavy (non-hydrogen) atoms. The van der Waals surface area contributed by atoms with E-state index in [1.165, 1.54) is 0 Å². The van der Waals surface area contributed by atoms with E-state index in [4.69, 9.17) is 10.5 Å². The van der Waals surface area contributed by atoms with Crippen LogP contribution in [0.15, 0.2) is 34.2 Å². The number of piperazine rings is 1. The molecule has 1 fully saturated rings. The molecule has 3 N–H and O–H groups in total. The zero-order chi connectivity index (χ0) is 21.7. The van der Waals surface area contributed by atoms with Crippen LogP contribution in [0.5, 0.6) is 0 Å². The van der Waals surface area contributed by atoms with Gasteiger partial charge >= 0.3 is 6.09 Å². The summed E-state index contributed by atoms with van der Waals surface area (Å²) >= 11 is 0. The molecule has 0 aromatic heterocycles. The molecule has 0 saturated carbocycles. The number of nitrogens with one attached hydrogen (secondary N) is 1. The van der Waals surface area contributed by atoms with E-state index in [9.17, 15) is 13.2 Å². The molecule has 1 saturated heterocycles. The molecule has 0 aliphatic carbocycles. The minimum Gasteiger partial charge on any atom is -0.444 e. The molecule has 0 bridgehead atoms. The second-order valence-electron chi connectivity index (χ2n) is 7.77. The molecule has 2 rings (SSSR count). The largest absolute Gasteiger partial charge is 0.444 e. The van der Waals surface area contributed by atoms with Crippen LogP contribution in [0.3, 0.4) is 0 Å². The molecule has 1 heterocycles. The van der Waals surface area contributed by atoms with E-state index in [1.807, 2.05) is 25.7 Å². The lowest BCUT2D eigenvalue weighted by Gasteiger charge is -2.36. The third-order valence-electron chi connectivity index (χ3n) is 4.25. The molecular formula is C19H31N5O4S. The van der Waals surface area contributed by atoms with Crippen molar-refractivity contribution in [2.45, 2.75) is 44.7 Å². The van der Waals surface area contributed by atoms with Crippen molar-refractivity contribution in [2.75, 3.05) is 32.7 Å². The number of amides is 1. The van der Waals surface area contributed by atoms with Crippen molar-refractivity contribution in [1.82, 2.24) is 14.5 Å². The lowest BCUT2D eigenvalue weighted by Crippen LogP contribution is -2.53. The lowest BCUT2D eigenvalue weighted by atomic mass is 10.2. The number of carbonyl (C=O) groups is 1. The van der Waals surface area contributed by atoms with Crippen molar-refractivity contribution in [3.8, 4) is 0 Å². The molecule has 1 aliphatic heterocycles. The minimum absolute atomic E-state index is 0.221. The fourth-order valence-corrected chi connectivity index (χ4v) is 3.81. The van der Waals surface area contributed by atoms with E-state index < -0.39 is 15.6 Å². The monoisotopic (exact) mass is 425 g/mol. The van der Waals surface area contributed by atoms with Crippen LogP contribution in [0.1, 0.15) is 33.3 Å². The van der Waals surface area contributed by atoms with Crippen LogP contribution >= 0.6 is 0 Å². The molecule has 0 radical (unpaired) electrons. The number of carbonyl (C=O) groups excluding carboxylic acids is 1.